The van der Waals surface area contributed by atoms with E-state index in [0.717, 1.165) is 13.1 Å². The predicted molar refractivity (Wildman–Crippen MR) is 80.1 cm³/mol. The lowest BCUT2D eigenvalue weighted by Gasteiger charge is -2.14. The Morgan fingerprint density at radius 2 is 2.05 bits per heavy atom. The lowest BCUT2D eigenvalue weighted by atomic mass is 10.3. The van der Waals surface area contributed by atoms with E-state index in [0.29, 0.717) is 0 Å². The molecule has 0 saturated heterocycles. The molecule has 0 fully saturated rings. The largest absolute Gasteiger partial charge is 0.445 e. The van der Waals surface area contributed by atoms with Crippen molar-refractivity contribution >= 4 is 17.5 Å². The maximum Gasteiger partial charge on any atom is 0.412 e. The zero-order valence-electron chi connectivity index (χ0n) is 12.1. The average molecular weight is 293 g/mol. The minimum Gasteiger partial charge on any atom is -0.445 e. The molecule has 1 N–H and O–H groups in total. The maximum absolute atomic E-state index is 11.6. The summed E-state index contributed by atoms with van der Waals surface area (Å²) >= 11 is 0. The molecule has 0 radical (unpaired) electrons. The molecule has 0 aliphatic carbocycles. The number of rotatable bonds is 7. The highest BCUT2D eigenvalue weighted by molar-refractivity contribution is 5.87. The van der Waals surface area contributed by atoms with Crippen LogP contribution >= 0.6 is 0 Å². The van der Waals surface area contributed by atoms with Crippen LogP contribution in [0.25, 0.3) is 0 Å². The number of carbonyl (C=O) groups is 1. The second-order valence-corrected chi connectivity index (χ2v) is 4.10. The van der Waals surface area contributed by atoms with Crippen LogP contribution < -0.4 is 5.32 Å². The Kier molecular flexibility index (Phi) is 6.73. The smallest absolute Gasteiger partial charge is 0.412 e. The van der Waals surface area contributed by atoms with Crippen LogP contribution in [0.2, 0.25) is 0 Å². The summed E-state index contributed by atoms with van der Waals surface area (Å²) in [6.07, 6.45) is 2.83. The van der Waals surface area contributed by atoms with Crippen LogP contribution in [0, 0.1) is 10.1 Å². The maximum atomic E-state index is 11.6. The molecule has 1 aromatic rings. The van der Waals surface area contributed by atoms with Gasteiger partial charge in [-0.05, 0) is 32.2 Å². The van der Waals surface area contributed by atoms with Crippen molar-refractivity contribution < 1.29 is 14.5 Å². The Labute approximate surface area is 123 Å². The first kappa shape index (κ1) is 16.5. The van der Waals surface area contributed by atoms with Crippen molar-refractivity contribution in [1.29, 1.82) is 0 Å². The van der Waals surface area contributed by atoms with E-state index in [1.54, 1.807) is 12.1 Å². The zero-order chi connectivity index (χ0) is 15.7. The lowest BCUT2D eigenvalue weighted by Crippen LogP contribution is -2.17. The van der Waals surface area contributed by atoms with Crippen LogP contribution in [0.1, 0.15) is 13.8 Å². The fraction of sp³-hybridized carbons (Fsp3) is 0.357. The summed E-state index contributed by atoms with van der Waals surface area (Å²) in [4.78, 5) is 23.9. The second-order valence-electron chi connectivity index (χ2n) is 4.10. The fourth-order valence-electron chi connectivity index (χ4n) is 1.63. The standard InChI is InChI=1S/C14H19N3O4/c1-3-16(4-2)10-7-11-21-14(18)15-12-8-5-6-9-13(12)17(19)20/h5-10H,3-4,11H2,1-2H3,(H,15,18). The molecule has 0 aliphatic heterocycles. The van der Waals surface area contributed by atoms with Crippen LogP contribution in [0.5, 0.6) is 0 Å². The molecule has 0 spiro atoms. The Hall–Kier alpha value is -2.57. The molecular weight excluding hydrogens is 274 g/mol. The van der Waals surface area contributed by atoms with Crippen LogP contribution in [-0.2, 0) is 4.74 Å². The SMILES string of the molecule is CCN(C=CCOC(=O)Nc1ccccc1[N+](=O)[O-])CC. The number of nitrogens with one attached hydrogen (secondary N) is 1. The van der Waals surface area contributed by atoms with Gasteiger partial charge in [-0.2, -0.15) is 0 Å². The third-order valence-electron chi connectivity index (χ3n) is 2.78. The van der Waals surface area contributed by atoms with E-state index in [9.17, 15) is 14.9 Å². The summed E-state index contributed by atoms with van der Waals surface area (Å²) in [7, 11) is 0. The van der Waals surface area contributed by atoms with Crippen molar-refractivity contribution in [2.75, 3.05) is 25.0 Å². The number of nitro groups is 1. The van der Waals surface area contributed by atoms with Crippen molar-refractivity contribution in [3.63, 3.8) is 0 Å². The Morgan fingerprint density at radius 1 is 1.38 bits per heavy atom. The van der Waals surface area contributed by atoms with Gasteiger partial charge in [-0.15, -0.1) is 0 Å². The topological polar surface area (TPSA) is 84.7 Å². The van der Waals surface area contributed by atoms with Crippen LogP contribution in [0.4, 0.5) is 16.2 Å². The summed E-state index contributed by atoms with van der Waals surface area (Å²) in [6, 6.07) is 5.89. The molecule has 0 aromatic heterocycles. The van der Waals surface area contributed by atoms with Gasteiger partial charge in [0.15, 0.2) is 0 Å². The van der Waals surface area contributed by atoms with Crippen LogP contribution in [0.15, 0.2) is 36.5 Å². The van der Waals surface area contributed by atoms with E-state index < -0.39 is 11.0 Å². The number of nitrogens with zero attached hydrogens (tertiary/aromatic N) is 2. The van der Waals surface area contributed by atoms with Gasteiger partial charge in [-0.25, -0.2) is 4.79 Å². The normalized spacial score (nSPS) is 10.4. The van der Waals surface area contributed by atoms with Gasteiger partial charge in [0, 0.05) is 19.2 Å². The molecule has 0 atom stereocenters. The van der Waals surface area contributed by atoms with Gasteiger partial charge in [0.2, 0.25) is 0 Å². The quantitative estimate of drug-likeness (QED) is 0.617. The number of para-hydroxylation sites is 2. The van der Waals surface area contributed by atoms with E-state index in [1.807, 2.05) is 24.9 Å². The average Bonchev–Trinajstić information content (AvgIpc) is 2.47. The van der Waals surface area contributed by atoms with E-state index in [2.05, 4.69) is 5.32 Å². The molecular formula is C14H19N3O4. The number of hydrogen-bond donors (Lipinski definition) is 1. The molecule has 0 heterocycles. The number of amides is 1. The van der Waals surface area contributed by atoms with Crippen molar-refractivity contribution in [2.45, 2.75) is 13.8 Å². The molecule has 1 aromatic carbocycles. The first-order valence-electron chi connectivity index (χ1n) is 6.66. The first-order chi connectivity index (χ1) is 10.1. The molecule has 7 nitrogen and oxygen atoms in total. The van der Waals surface area contributed by atoms with Crippen LogP contribution in [0.3, 0.4) is 0 Å². The molecule has 1 rings (SSSR count). The minimum atomic E-state index is -0.728. The van der Waals surface area contributed by atoms with Gasteiger partial charge in [-0.1, -0.05) is 12.1 Å². The molecule has 7 heteroatoms. The van der Waals surface area contributed by atoms with Crippen molar-refractivity contribution in [3.05, 3.63) is 46.7 Å². The van der Waals surface area contributed by atoms with Gasteiger partial charge in [-0.3, -0.25) is 15.4 Å². The van der Waals surface area contributed by atoms with Gasteiger partial charge in [0.25, 0.3) is 5.69 Å². The number of benzene rings is 1. The van der Waals surface area contributed by atoms with Gasteiger partial charge >= 0.3 is 6.09 Å². The summed E-state index contributed by atoms with van der Waals surface area (Å²) in [5.41, 5.74) is -0.0617. The highest BCUT2D eigenvalue weighted by Gasteiger charge is 2.14. The molecule has 114 valence electrons. The second kappa shape index (κ2) is 8.57. The number of carbonyl (C=O) groups excluding carboxylic acids is 1. The van der Waals surface area contributed by atoms with Crippen molar-refractivity contribution in [2.24, 2.45) is 0 Å². The van der Waals surface area contributed by atoms with E-state index in [4.69, 9.17) is 4.74 Å². The Morgan fingerprint density at radius 3 is 2.67 bits per heavy atom. The van der Waals surface area contributed by atoms with Crippen molar-refractivity contribution in [1.82, 2.24) is 4.90 Å². The molecule has 0 aliphatic rings. The van der Waals surface area contributed by atoms with Gasteiger partial charge < -0.3 is 9.64 Å². The number of nitro benzene ring substituents is 1. The summed E-state index contributed by atoms with van der Waals surface area (Å²) in [5, 5.41) is 13.2. The minimum absolute atomic E-state index is 0.100. The van der Waals surface area contributed by atoms with Gasteiger partial charge in [0.05, 0.1) is 4.92 Å². The lowest BCUT2D eigenvalue weighted by molar-refractivity contribution is -0.383. The van der Waals surface area contributed by atoms with Crippen molar-refractivity contribution in [3.8, 4) is 0 Å². The number of ether oxygens (including phenoxy) is 1. The van der Waals surface area contributed by atoms with E-state index in [-0.39, 0.29) is 18.0 Å². The summed E-state index contributed by atoms with van der Waals surface area (Å²) in [5.74, 6) is 0. The summed E-state index contributed by atoms with van der Waals surface area (Å²) < 4.78 is 4.93. The van der Waals surface area contributed by atoms with Gasteiger partial charge in [0.1, 0.15) is 12.3 Å². The van der Waals surface area contributed by atoms with E-state index in [1.165, 1.54) is 18.2 Å². The highest BCUT2D eigenvalue weighted by Crippen LogP contribution is 2.23. The first-order valence-corrected chi connectivity index (χ1v) is 6.66. The third-order valence-corrected chi connectivity index (χ3v) is 2.78. The monoisotopic (exact) mass is 293 g/mol. The third kappa shape index (κ3) is 5.52. The van der Waals surface area contributed by atoms with Crippen LogP contribution in [-0.4, -0.2) is 35.6 Å². The Balaban J connectivity index is 2.50. The molecule has 1 amide bonds. The predicted octanol–water partition coefficient (Wildman–Crippen LogP) is 3.00. The number of anilines is 1. The fourth-order valence-corrected chi connectivity index (χ4v) is 1.63. The molecule has 0 unspecified atom stereocenters. The number of hydrogen-bond acceptors (Lipinski definition) is 5. The zero-order valence-corrected chi connectivity index (χ0v) is 12.1. The summed E-state index contributed by atoms with van der Waals surface area (Å²) in [6.45, 7) is 5.89. The molecule has 21 heavy (non-hydrogen) atoms. The van der Waals surface area contributed by atoms with E-state index >= 15 is 0 Å². The molecule has 0 bridgehead atoms. The Bertz CT molecular complexity index is 513. The molecule has 0 saturated carbocycles. The highest BCUT2D eigenvalue weighted by atomic mass is 16.6.